The molecule has 2 N–H and O–H groups in total. The molecule has 0 atom stereocenters. The summed E-state index contributed by atoms with van der Waals surface area (Å²) < 4.78 is 0. The van der Waals surface area contributed by atoms with Gasteiger partial charge in [-0.15, -0.1) is 15.8 Å². The van der Waals surface area contributed by atoms with E-state index in [2.05, 4.69) is 41.5 Å². The van der Waals surface area contributed by atoms with Crippen molar-refractivity contribution in [2.75, 3.05) is 37.0 Å². The predicted molar refractivity (Wildman–Crippen MR) is 97.0 cm³/mol. The molecule has 0 aromatic rings. The minimum absolute atomic E-state index is 0. The zero-order chi connectivity index (χ0) is 17.3. The van der Waals surface area contributed by atoms with Gasteiger partial charge in [0, 0.05) is 21.1 Å². The molecule has 0 rings (SSSR count). The molecule has 0 aliphatic rings. The van der Waals surface area contributed by atoms with Gasteiger partial charge in [0.05, 0.1) is 0 Å². The summed E-state index contributed by atoms with van der Waals surface area (Å²) in [6.07, 6.45) is 7.71. The second-order valence-electron chi connectivity index (χ2n) is 4.20. The molecule has 0 amide bonds. The Balaban J connectivity index is -0.000000108. The van der Waals surface area contributed by atoms with Gasteiger partial charge >= 0.3 is 11.9 Å². The molecule has 0 saturated heterocycles. The number of rotatable bonds is 8. The Hall–Kier alpha value is 0.488. The molecular weight excluding hydrogens is 501 g/mol. The number of carboxylic acids is 2. The van der Waals surface area contributed by atoms with Gasteiger partial charge < -0.3 is 10.2 Å². The van der Waals surface area contributed by atoms with Crippen LogP contribution in [0.5, 0.6) is 0 Å². The van der Waals surface area contributed by atoms with Crippen LogP contribution in [0.3, 0.4) is 0 Å². The maximum Gasteiger partial charge on any atom is 0.314 e. The molecule has 7 heteroatoms. The molecule has 0 unspecified atom stereocenters. The van der Waals surface area contributed by atoms with Gasteiger partial charge in [0.15, 0.2) is 0 Å². The third-order valence-corrected chi connectivity index (χ3v) is 8.35. The standard InChI is InChI=1S/2C6H15P.C3H4O4.Pt/c2*1-4-7(5-2)6-3;4-2(5)1-3(6)7;/h2*4-6H2,1-3H3;1H2,(H,4,5)(H,6,7);. The summed E-state index contributed by atoms with van der Waals surface area (Å²) in [6.45, 7) is 13.7. The molecule has 0 aromatic heterocycles. The predicted octanol–water partition coefficient (Wildman–Crippen LogP) is 4.60. The average molecular weight is 535 g/mol. The van der Waals surface area contributed by atoms with Crippen LogP contribution >= 0.6 is 15.8 Å². The van der Waals surface area contributed by atoms with E-state index < -0.39 is 18.4 Å². The summed E-state index contributed by atoms with van der Waals surface area (Å²) in [4.78, 5) is 18.9. The molecule has 0 spiro atoms. The Bertz CT molecular complexity index is 211. The van der Waals surface area contributed by atoms with Crippen LogP contribution in [-0.2, 0) is 30.7 Å². The summed E-state index contributed by atoms with van der Waals surface area (Å²) in [6, 6.07) is 0. The second-order valence-corrected chi connectivity index (χ2v) is 10.7. The van der Waals surface area contributed by atoms with Crippen molar-refractivity contribution in [3.63, 3.8) is 0 Å². The van der Waals surface area contributed by atoms with Crippen LogP contribution in [0, 0.1) is 0 Å². The second kappa shape index (κ2) is 23.8. The zero-order valence-electron chi connectivity index (χ0n) is 14.9. The molecule has 138 valence electrons. The molecule has 0 radical (unpaired) electrons. The Kier molecular flexibility index (Phi) is 32.8. The number of hydrogen-bond donors (Lipinski definition) is 2. The van der Waals surface area contributed by atoms with E-state index in [9.17, 15) is 9.59 Å². The maximum absolute atomic E-state index is 9.43. The minimum atomic E-state index is -1.31. The molecular formula is C15H34O4P2Pt. The van der Waals surface area contributed by atoms with E-state index in [1.807, 2.05) is 0 Å². The molecule has 0 bridgehead atoms. The maximum atomic E-state index is 9.43. The van der Waals surface area contributed by atoms with E-state index >= 15 is 0 Å². The summed E-state index contributed by atoms with van der Waals surface area (Å²) in [5, 5.41) is 15.4. The summed E-state index contributed by atoms with van der Waals surface area (Å²) in [5.41, 5.74) is 0. The Morgan fingerprint density at radius 2 is 0.818 bits per heavy atom. The third kappa shape index (κ3) is 28.6. The molecule has 0 fully saturated rings. The Morgan fingerprint density at radius 3 is 0.818 bits per heavy atom. The minimum Gasteiger partial charge on any atom is -0.481 e. The van der Waals surface area contributed by atoms with Crippen LogP contribution < -0.4 is 0 Å². The van der Waals surface area contributed by atoms with Gasteiger partial charge in [0.25, 0.3) is 0 Å². The quantitative estimate of drug-likeness (QED) is 0.352. The van der Waals surface area contributed by atoms with E-state index in [0.29, 0.717) is 15.8 Å². The van der Waals surface area contributed by atoms with Crippen molar-refractivity contribution in [2.24, 2.45) is 0 Å². The first-order chi connectivity index (χ1) is 9.82. The third-order valence-electron chi connectivity index (χ3n) is 2.99. The molecule has 0 aliphatic heterocycles. The first kappa shape index (κ1) is 30.4. The van der Waals surface area contributed by atoms with Crippen molar-refractivity contribution < 1.29 is 40.9 Å². The van der Waals surface area contributed by atoms with Crippen LogP contribution in [-0.4, -0.2) is 59.1 Å². The fourth-order valence-electron chi connectivity index (χ4n) is 1.47. The van der Waals surface area contributed by atoms with Crippen molar-refractivity contribution in [3.05, 3.63) is 0 Å². The van der Waals surface area contributed by atoms with Gasteiger partial charge in [-0.2, -0.15) is 0 Å². The topological polar surface area (TPSA) is 74.6 Å². The van der Waals surface area contributed by atoms with Crippen LogP contribution in [0.25, 0.3) is 0 Å². The van der Waals surface area contributed by atoms with Gasteiger partial charge in [0.1, 0.15) is 6.42 Å². The number of hydrogen-bond acceptors (Lipinski definition) is 2. The monoisotopic (exact) mass is 535 g/mol. The van der Waals surface area contributed by atoms with Gasteiger partial charge in [-0.25, -0.2) is 0 Å². The number of carboxylic acid groups (broad SMARTS) is 2. The van der Waals surface area contributed by atoms with Crippen molar-refractivity contribution in [2.45, 2.75) is 48.0 Å². The van der Waals surface area contributed by atoms with E-state index in [4.69, 9.17) is 10.2 Å². The van der Waals surface area contributed by atoms with Gasteiger partial charge in [-0.1, -0.05) is 41.5 Å². The molecule has 0 aromatic carbocycles. The summed E-state index contributed by atoms with van der Waals surface area (Å²) in [5.74, 6) is -2.62. The Morgan fingerprint density at radius 1 is 0.636 bits per heavy atom. The fourth-order valence-corrected chi connectivity index (χ4v) is 4.15. The van der Waals surface area contributed by atoms with Gasteiger partial charge in [-0.05, 0) is 37.0 Å². The van der Waals surface area contributed by atoms with Crippen LogP contribution in [0.15, 0.2) is 0 Å². The first-order valence-electron chi connectivity index (χ1n) is 7.70. The van der Waals surface area contributed by atoms with Crippen LogP contribution in [0.2, 0.25) is 0 Å². The smallest absolute Gasteiger partial charge is 0.314 e. The number of carbonyl (C=O) groups is 2. The normalized spacial score (nSPS) is 9.09. The fraction of sp³-hybridized carbons (Fsp3) is 0.867. The van der Waals surface area contributed by atoms with Crippen molar-refractivity contribution in [3.8, 4) is 0 Å². The van der Waals surface area contributed by atoms with Gasteiger partial charge in [0.2, 0.25) is 0 Å². The molecule has 22 heavy (non-hydrogen) atoms. The number of aliphatic carboxylic acids is 2. The van der Waals surface area contributed by atoms with Crippen molar-refractivity contribution in [1.82, 2.24) is 0 Å². The van der Waals surface area contributed by atoms with E-state index in [1.54, 1.807) is 0 Å². The average Bonchev–Trinajstić information content (AvgIpc) is 2.42. The van der Waals surface area contributed by atoms with E-state index in [1.165, 1.54) is 37.0 Å². The van der Waals surface area contributed by atoms with E-state index in [-0.39, 0.29) is 21.1 Å². The molecule has 0 aliphatic carbocycles. The van der Waals surface area contributed by atoms with Gasteiger partial charge in [-0.3, -0.25) is 9.59 Å². The van der Waals surface area contributed by atoms with Crippen molar-refractivity contribution in [1.29, 1.82) is 0 Å². The van der Waals surface area contributed by atoms with Crippen LogP contribution in [0.4, 0.5) is 0 Å². The molecule has 0 saturated carbocycles. The summed E-state index contributed by atoms with van der Waals surface area (Å²) in [7, 11) is 0.892. The zero-order valence-corrected chi connectivity index (χ0v) is 18.9. The molecule has 4 nitrogen and oxygen atoms in total. The Labute approximate surface area is 153 Å². The first-order valence-corrected chi connectivity index (χ1v) is 11.5. The summed E-state index contributed by atoms with van der Waals surface area (Å²) >= 11 is 0. The SMILES string of the molecule is CCP(CC)CC.CCP(CC)CC.O=C(O)CC(=O)O.[Pt]. The molecule has 0 heterocycles. The van der Waals surface area contributed by atoms with Crippen LogP contribution in [0.1, 0.15) is 48.0 Å². The van der Waals surface area contributed by atoms with Crippen molar-refractivity contribution >= 4 is 27.8 Å². The van der Waals surface area contributed by atoms with E-state index in [0.717, 1.165) is 0 Å². The largest absolute Gasteiger partial charge is 0.481 e.